The summed E-state index contributed by atoms with van der Waals surface area (Å²) in [4.78, 5) is 24.2. The number of hydrogen-bond donors (Lipinski definition) is 0. The zero-order chi connectivity index (χ0) is 20.1. The molecule has 0 atom stereocenters. The number of piperazine rings is 1. The Bertz CT molecular complexity index is 797. The molecule has 2 aliphatic rings. The minimum absolute atomic E-state index is 0.0832. The fraction of sp³-hybridized carbons (Fsp3) is 0.524. The number of morpholine rings is 1. The van der Waals surface area contributed by atoms with Gasteiger partial charge in [0.1, 0.15) is 5.75 Å². The highest BCUT2D eigenvalue weighted by Gasteiger charge is 2.24. The average molecular weight is 417 g/mol. The third kappa shape index (κ3) is 5.07. The van der Waals surface area contributed by atoms with Crippen LogP contribution >= 0.6 is 11.3 Å². The second-order valence-electron chi connectivity index (χ2n) is 7.25. The molecular formula is C21H28N4O3S. The first-order valence-corrected chi connectivity index (χ1v) is 11.1. The third-order valence-corrected chi connectivity index (χ3v) is 6.23. The number of rotatable bonds is 6. The van der Waals surface area contributed by atoms with Crippen LogP contribution in [0.2, 0.25) is 0 Å². The van der Waals surface area contributed by atoms with Gasteiger partial charge in [-0.15, -0.1) is 11.3 Å². The Morgan fingerprint density at radius 2 is 1.83 bits per heavy atom. The molecule has 29 heavy (non-hydrogen) atoms. The van der Waals surface area contributed by atoms with E-state index < -0.39 is 0 Å². The van der Waals surface area contributed by atoms with E-state index in [2.05, 4.69) is 15.2 Å². The van der Waals surface area contributed by atoms with Crippen LogP contribution in [0, 0.1) is 0 Å². The smallest absolute Gasteiger partial charge is 0.253 e. The Labute approximate surface area is 175 Å². The van der Waals surface area contributed by atoms with Crippen molar-refractivity contribution in [1.29, 1.82) is 0 Å². The maximum absolute atomic E-state index is 12.8. The number of amides is 1. The molecule has 156 valence electrons. The molecule has 2 aromatic rings. The van der Waals surface area contributed by atoms with E-state index in [0.29, 0.717) is 25.3 Å². The molecule has 4 rings (SSSR count). The van der Waals surface area contributed by atoms with Gasteiger partial charge >= 0.3 is 0 Å². The number of nitrogens with zero attached hydrogens (tertiary/aromatic N) is 4. The quantitative estimate of drug-likeness (QED) is 0.721. The minimum Gasteiger partial charge on any atom is -0.494 e. The van der Waals surface area contributed by atoms with Crippen LogP contribution in [0.15, 0.2) is 29.6 Å². The van der Waals surface area contributed by atoms with Gasteiger partial charge in [-0.25, -0.2) is 4.98 Å². The fourth-order valence-corrected chi connectivity index (χ4v) is 4.52. The summed E-state index contributed by atoms with van der Waals surface area (Å²) >= 11 is 1.70. The highest BCUT2D eigenvalue weighted by Crippen LogP contribution is 2.23. The lowest BCUT2D eigenvalue weighted by Gasteiger charge is -2.34. The van der Waals surface area contributed by atoms with E-state index in [-0.39, 0.29) is 5.91 Å². The lowest BCUT2D eigenvalue weighted by atomic mass is 10.1. The molecule has 1 aromatic heterocycles. The van der Waals surface area contributed by atoms with Gasteiger partial charge in [0.15, 0.2) is 5.13 Å². The van der Waals surface area contributed by atoms with Crippen molar-refractivity contribution >= 4 is 22.4 Å². The maximum atomic E-state index is 12.8. The summed E-state index contributed by atoms with van der Waals surface area (Å²) < 4.78 is 10.9. The molecule has 8 heteroatoms. The second-order valence-corrected chi connectivity index (χ2v) is 8.08. The van der Waals surface area contributed by atoms with Gasteiger partial charge in [-0.05, 0) is 31.2 Å². The van der Waals surface area contributed by atoms with Gasteiger partial charge < -0.3 is 19.3 Å². The van der Waals surface area contributed by atoms with Crippen molar-refractivity contribution in [2.24, 2.45) is 0 Å². The number of aromatic nitrogens is 1. The summed E-state index contributed by atoms with van der Waals surface area (Å²) in [6, 6.07) is 7.41. The zero-order valence-electron chi connectivity index (χ0n) is 16.9. The van der Waals surface area contributed by atoms with Crippen molar-refractivity contribution in [3.8, 4) is 5.75 Å². The lowest BCUT2D eigenvalue weighted by molar-refractivity contribution is 0.0337. The number of ether oxygens (including phenoxy) is 2. The maximum Gasteiger partial charge on any atom is 0.253 e. The first-order valence-electron chi connectivity index (χ1n) is 10.2. The van der Waals surface area contributed by atoms with Gasteiger partial charge in [0.25, 0.3) is 5.91 Å². The van der Waals surface area contributed by atoms with Gasteiger partial charge in [-0.2, -0.15) is 0 Å². The predicted molar refractivity (Wildman–Crippen MR) is 114 cm³/mol. The number of hydrogen-bond acceptors (Lipinski definition) is 7. The van der Waals surface area contributed by atoms with Crippen LogP contribution in [0.4, 0.5) is 5.13 Å². The van der Waals surface area contributed by atoms with E-state index in [0.717, 1.165) is 62.5 Å². The molecule has 7 nitrogen and oxygen atoms in total. The molecule has 0 saturated carbocycles. The first kappa shape index (κ1) is 20.1. The molecule has 2 saturated heterocycles. The van der Waals surface area contributed by atoms with E-state index in [1.54, 1.807) is 11.3 Å². The molecule has 0 radical (unpaired) electrons. The Hall–Kier alpha value is -2.16. The average Bonchev–Trinajstić information content (AvgIpc) is 3.23. The molecule has 1 amide bonds. The number of anilines is 1. The molecule has 3 heterocycles. The Kier molecular flexibility index (Phi) is 6.63. The van der Waals surface area contributed by atoms with E-state index in [4.69, 9.17) is 14.5 Å². The number of benzene rings is 1. The molecule has 0 N–H and O–H groups in total. The van der Waals surface area contributed by atoms with Gasteiger partial charge in [0.2, 0.25) is 0 Å². The van der Waals surface area contributed by atoms with E-state index in [9.17, 15) is 4.79 Å². The summed E-state index contributed by atoms with van der Waals surface area (Å²) in [5.41, 5.74) is 1.84. The predicted octanol–water partition coefficient (Wildman–Crippen LogP) is 2.34. The van der Waals surface area contributed by atoms with Crippen LogP contribution in [0.1, 0.15) is 23.0 Å². The Balaban J connectivity index is 1.29. The normalized spacial score (nSPS) is 18.1. The van der Waals surface area contributed by atoms with Gasteiger partial charge in [-0.3, -0.25) is 9.69 Å². The minimum atomic E-state index is 0.0832. The van der Waals surface area contributed by atoms with E-state index >= 15 is 0 Å². The molecule has 0 aliphatic carbocycles. The fourth-order valence-electron chi connectivity index (χ4n) is 3.65. The first-order chi connectivity index (χ1) is 14.2. The van der Waals surface area contributed by atoms with E-state index in [1.165, 1.54) is 0 Å². The van der Waals surface area contributed by atoms with Crippen LogP contribution in [0.25, 0.3) is 0 Å². The van der Waals surface area contributed by atoms with Crippen molar-refractivity contribution in [3.05, 3.63) is 40.9 Å². The number of carbonyl (C=O) groups is 1. The summed E-state index contributed by atoms with van der Waals surface area (Å²) in [5, 5.41) is 3.21. The van der Waals surface area contributed by atoms with E-state index in [1.807, 2.05) is 36.1 Å². The summed E-state index contributed by atoms with van der Waals surface area (Å²) in [7, 11) is 0. The summed E-state index contributed by atoms with van der Waals surface area (Å²) in [6.07, 6.45) is 0. The van der Waals surface area contributed by atoms with Crippen molar-refractivity contribution in [3.63, 3.8) is 0 Å². The van der Waals surface area contributed by atoms with Crippen LogP contribution < -0.4 is 9.64 Å². The largest absolute Gasteiger partial charge is 0.494 e. The van der Waals surface area contributed by atoms with Crippen molar-refractivity contribution < 1.29 is 14.3 Å². The molecule has 0 bridgehead atoms. The van der Waals surface area contributed by atoms with Crippen LogP contribution in [-0.2, 0) is 11.3 Å². The molecule has 1 aromatic carbocycles. The van der Waals surface area contributed by atoms with Crippen molar-refractivity contribution in [2.75, 3.05) is 64.0 Å². The molecule has 0 spiro atoms. The Morgan fingerprint density at radius 1 is 1.10 bits per heavy atom. The second kappa shape index (κ2) is 9.56. The third-order valence-electron chi connectivity index (χ3n) is 5.28. The van der Waals surface area contributed by atoms with Crippen molar-refractivity contribution in [1.82, 2.24) is 14.8 Å². The van der Waals surface area contributed by atoms with Crippen molar-refractivity contribution in [2.45, 2.75) is 13.5 Å². The molecule has 2 fully saturated rings. The van der Waals surface area contributed by atoms with Gasteiger partial charge in [-0.1, -0.05) is 0 Å². The summed E-state index contributed by atoms with van der Waals surface area (Å²) in [6.45, 7) is 10.1. The number of thiazole rings is 1. The van der Waals surface area contributed by atoms with Crippen LogP contribution in [-0.4, -0.2) is 79.8 Å². The zero-order valence-corrected chi connectivity index (χ0v) is 17.7. The lowest BCUT2D eigenvalue weighted by Crippen LogP contribution is -2.48. The monoisotopic (exact) mass is 416 g/mol. The van der Waals surface area contributed by atoms with Gasteiger partial charge in [0, 0.05) is 56.8 Å². The molecule has 2 aliphatic heterocycles. The SMILES string of the molecule is CCOc1ccc(C(=O)N2CCN(c3nc(CN4CCOCC4)cs3)CC2)cc1. The van der Waals surface area contributed by atoms with Gasteiger partial charge in [0.05, 0.1) is 25.5 Å². The Morgan fingerprint density at radius 3 is 2.52 bits per heavy atom. The standard InChI is InChI=1S/C21H28N4O3S/c1-2-28-19-5-3-17(4-6-19)20(26)24-7-9-25(10-8-24)21-22-18(16-29-21)15-23-11-13-27-14-12-23/h3-6,16H,2,7-15H2,1H3. The number of carbonyl (C=O) groups excluding carboxylic acids is 1. The van der Waals surface area contributed by atoms with Crippen LogP contribution in [0.5, 0.6) is 5.75 Å². The summed E-state index contributed by atoms with van der Waals surface area (Å²) in [5.74, 6) is 0.880. The highest BCUT2D eigenvalue weighted by atomic mass is 32.1. The highest BCUT2D eigenvalue weighted by molar-refractivity contribution is 7.13. The van der Waals surface area contributed by atoms with Crippen LogP contribution in [0.3, 0.4) is 0 Å². The molecule has 0 unspecified atom stereocenters. The topological polar surface area (TPSA) is 58.1 Å². The molecular weight excluding hydrogens is 388 g/mol.